The number of carbonyl (C=O) groups excluding carboxylic acids is 2. The lowest BCUT2D eigenvalue weighted by molar-refractivity contribution is -0.173. The van der Waals surface area contributed by atoms with Crippen LogP contribution < -0.4 is 0 Å². The molecule has 0 aromatic heterocycles. The molecule has 0 aromatic rings. The number of hydrogen-bond donors (Lipinski definition) is 0. The molecular weight excluding hydrogens is 272 g/mol. The van der Waals surface area contributed by atoms with E-state index in [1.807, 2.05) is 19.9 Å². The molecule has 6 nitrogen and oxygen atoms in total. The second-order valence-electron chi connectivity index (χ2n) is 6.14. The van der Waals surface area contributed by atoms with Gasteiger partial charge in [0.05, 0.1) is 7.11 Å². The average molecular weight is 300 g/mol. The number of likely N-dealkylation sites (N-methyl/N-ethyl adjacent to an activating group) is 2. The van der Waals surface area contributed by atoms with E-state index < -0.39 is 17.7 Å². The molecule has 0 saturated carbocycles. The predicted molar refractivity (Wildman–Crippen MR) is 81.6 cm³/mol. The van der Waals surface area contributed by atoms with E-state index in [0.717, 1.165) is 10.6 Å². The minimum absolute atomic E-state index is 0.302. The second-order valence-corrected chi connectivity index (χ2v) is 6.14. The normalized spacial score (nSPS) is 12.4. The number of hydroxylamine groups is 2. The van der Waals surface area contributed by atoms with Gasteiger partial charge in [-0.1, -0.05) is 11.6 Å². The maximum Gasteiger partial charge on any atom is 0.410 e. The van der Waals surface area contributed by atoms with Gasteiger partial charge in [0.1, 0.15) is 11.6 Å². The molecule has 6 heteroatoms. The van der Waals surface area contributed by atoms with Gasteiger partial charge in [0.2, 0.25) is 0 Å². The monoisotopic (exact) mass is 300 g/mol. The summed E-state index contributed by atoms with van der Waals surface area (Å²) in [5, 5.41) is 1.12. The largest absolute Gasteiger partial charge is 0.444 e. The van der Waals surface area contributed by atoms with Gasteiger partial charge in [-0.25, -0.2) is 9.86 Å². The maximum atomic E-state index is 12.3. The summed E-state index contributed by atoms with van der Waals surface area (Å²) >= 11 is 0. The number of rotatable bonds is 5. The Morgan fingerprint density at radius 1 is 1.19 bits per heavy atom. The third-order valence-corrected chi connectivity index (χ3v) is 2.77. The van der Waals surface area contributed by atoms with Crippen molar-refractivity contribution in [3.8, 4) is 0 Å². The van der Waals surface area contributed by atoms with Crippen LogP contribution in [0.5, 0.6) is 0 Å². The van der Waals surface area contributed by atoms with Crippen molar-refractivity contribution < 1.29 is 19.2 Å². The Labute approximate surface area is 127 Å². The fourth-order valence-electron chi connectivity index (χ4n) is 1.53. The zero-order valence-corrected chi connectivity index (χ0v) is 14.4. The Hall–Kier alpha value is -1.56. The summed E-state index contributed by atoms with van der Waals surface area (Å²) in [5.41, 5.74) is 0.466. The molecule has 0 bridgehead atoms. The highest BCUT2D eigenvalue weighted by Gasteiger charge is 2.31. The molecule has 0 rings (SSSR count). The summed E-state index contributed by atoms with van der Waals surface area (Å²) in [6.45, 7) is 9.23. The average Bonchev–Trinajstić information content (AvgIpc) is 2.34. The summed E-state index contributed by atoms with van der Waals surface area (Å²) in [6.07, 6.45) is 1.78. The van der Waals surface area contributed by atoms with Crippen LogP contribution >= 0.6 is 0 Å². The van der Waals surface area contributed by atoms with E-state index in [-0.39, 0.29) is 5.91 Å². The van der Waals surface area contributed by atoms with Gasteiger partial charge in [-0.05, 0) is 41.0 Å². The molecule has 122 valence electrons. The highest BCUT2D eigenvalue weighted by Crippen LogP contribution is 2.14. The van der Waals surface area contributed by atoms with Crippen molar-refractivity contribution in [1.29, 1.82) is 0 Å². The van der Waals surface area contributed by atoms with Crippen molar-refractivity contribution in [3.63, 3.8) is 0 Å². The van der Waals surface area contributed by atoms with Crippen LogP contribution in [0.15, 0.2) is 11.6 Å². The fourth-order valence-corrected chi connectivity index (χ4v) is 1.53. The van der Waals surface area contributed by atoms with Gasteiger partial charge in [-0.15, -0.1) is 0 Å². The number of hydrogen-bond acceptors (Lipinski definition) is 4. The van der Waals surface area contributed by atoms with E-state index >= 15 is 0 Å². The van der Waals surface area contributed by atoms with Crippen LogP contribution in [0.25, 0.3) is 0 Å². The quantitative estimate of drug-likeness (QED) is 0.578. The summed E-state index contributed by atoms with van der Waals surface area (Å²) < 4.78 is 5.31. The van der Waals surface area contributed by atoms with Crippen LogP contribution in [0.2, 0.25) is 0 Å². The molecule has 0 aliphatic rings. The van der Waals surface area contributed by atoms with Crippen LogP contribution in [0.4, 0.5) is 4.79 Å². The summed E-state index contributed by atoms with van der Waals surface area (Å²) in [7, 11) is 4.48. The lowest BCUT2D eigenvalue weighted by Crippen LogP contribution is -2.49. The van der Waals surface area contributed by atoms with Crippen molar-refractivity contribution in [3.05, 3.63) is 11.6 Å². The third kappa shape index (κ3) is 7.13. The number of amides is 2. The van der Waals surface area contributed by atoms with Gasteiger partial charge in [0.15, 0.2) is 0 Å². The van der Waals surface area contributed by atoms with Crippen molar-refractivity contribution in [1.82, 2.24) is 9.96 Å². The first kappa shape index (κ1) is 19.4. The van der Waals surface area contributed by atoms with Crippen LogP contribution in [0, 0.1) is 0 Å². The molecule has 0 radical (unpaired) electrons. The van der Waals surface area contributed by atoms with Crippen LogP contribution in [-0.2, 0) is 14.4 Å². The summed E-state index contributed by atoms with van der Waals surface area (Å²) in [6, 6.07) is -0.667. The summed E-state index contributed by atoms with van der Waals surface area (Å²) in [5.74, 6) is -0.302. The topological polar surface area (TPSA) is 59.1 Å². The van der Waals surface area contributed by atoms with Crippen LogP contribution in [0.1, 0.15) is 41.0 Å². The highest BCUT2D eigenvalue weighted by molar-refractivity contribution is 5.85. The minimum Gasteiger partial charge on any atom is -0.444 e. The van der Waals surface area contributed by atoms with E-state index in [1.165, 1.54) is 19.1 Å². The molecule has 0 N–H and O–H groups in total. The van der Waals surface area contributed by atoms with E-state index in [0.29, 0.717) is 6.42 Å². The van der Waals surface area contributed by atoms with Gasteiger partial charge in [0.25, 0.3) is 5.91 Å². The maximum absolute atomic E-state index is 12.3. The van der Waals surface area contributed by atoms with Gasteiger partial charge < -0.3 is 4.74 Å². The zero-order valence-electron chi connectivity index (χ0n) is 14.4. The lowest BCUT2D eigenvalue weighted by Gasteiger charge is -2.31. The molecule has 0 heterocycles. The Kier molecular flexibility index (Phi) is 7.43. The Morgan fingerprint density at radius 3 is 2.10 bits per heavy atom. The minimum atomic E-state index is -0.667. The van der Waals surface area contributed by atoms with E-state index in [4.69, 9.17) is 9.57 Å². The van der Waals surface area contributed by atoms with Crippen LogP contribution in [0.3, 0.4) is 0 Å². The van der Waals surface area contributed by atoms with Gasteiger partial charge >= 0.3 is 6.09 Å². The highest BCUT2D eigenvalue weighted by atomic mass is 16.7. The molecule has 1 atom stereocenters. The summed E-state index contributed by atoms with van der Waals surface area (Å²) in [4.78, 5) is 30.7. The molecule has 0 aliphatic heterocycles. The standard InChI is InChI=1S/C15H28N2O4/c1-11(2)9-10-12(13(18)17(7)20-8)16(6)14(19)21-15(3,4)5/h9,12H,10H2,1-8H3. The van der Waals surface area contributed by atoms with Crippen LogP contribution in [-0.4, -0.2) is 54.8 Å². The molecule has 21 heavy (non-hydrogen) atoms. The Bertz CT molecular complexity index is 395. The van der Waals surface area contributed by atoms with Crippen molar-refractivity contribution in [2.24, 2.45) is 0 Å². The smallest absolute Gasteiger partial charge is 0.410 e. The SMILES string of the molecule is CON(C)C(=O)C(CC=C(C)C)N(C)C(=O)OC(C)(C)C. The number of carbonyl (C=O) groups is 2. The third-order valence-electron chi connectivity index (χ3n) is 2.77. The van der Waals surface area contributed by atoms with Crippen molar-refractivity contribution >= 4 is 12.0 Å². The molecule has 0 spiro atoms. The zero-order chi connectivity index (χ0) is 16.8. The molecule has 0 fully saturated rings. The fraction of sp³-hybridized carbons (Fsp3) is 0.733. The Morgan fingerprint density at radius 2 is 1.71 bits per heavy atom. The van der Waals surface area contributed by atoms with Crippen molar-refractivity contribution in [2.75, 3.05) is 21.2 Å². The van der Waals surface area contributed by atoms with E-state index in [2.05, 4.69) is 0 Å². The first-order valence-corrected chi connectivity index (χ1v) is 6.90. The van der Waals surface area contributed by atoms with Crippen molar-refractivity contribution in [2.45, 2.75) is 52.7 Å². The number of nitrogens with zero attached hydrogens (tertiary/aromatic N) is 2. The van der Waals surface area contributed by atoms with Gasteiger partial charge in [-0.2, -0.15) is 0 Å². The predicted octanol–water partition coefficient (Wildman–Crippen LogP) is 2.60. The molecule has 2 amide bonds. The molecule has 0 aliphatic carbocycles. The van der Waals surface area contributed by atoms with E-state index in [1.54, 1.807) is 27.8 Å². The first-order valence-electron chi connectivity index (χ1n) is 6.90. The van der Waals surface area contributed by atoms with E-state index in [9.17, 15) is 9.59 Å². The molecule has 1 unspecified atom stereocenters. The van der Waals surface area contributed by atoms with Gasteiger partial charge in [-0.3, -0.25) is 14.5 Å². The molecular formula is C15H28N2O4. The number of ether oxygens (including phenoxy) is 1. The lowest BCUT2D eigenvalue weighted by atomic mass is 10.1. The second kappa shape index (κ2) is 8.02. The number of allylic oxidation sites excluding steroid dienone is 1. The van der Waals surface area contributed by atoms with Gasteiger partial charge in [0, 0.05) is 14.1 Å². The Balaban J connectivity index is 5.15. The molecule has 0 saturated heterocycles. The molecule has 0 aromatic carbocycles. The first-order chi connectivity index (χ1) is 9.49.